The van der Waals surface area contributed by atoms with Crippen molar-refractivity contribution in [2.45, 2.75) is 69.7 Å². The number of amides is 2. The van der Waals surface area contributed by atoms with Crippen LogP contribution in [0.3, 0.4) is 0 Å². The minimum atomic E-state index is -0.921. The van der Waals surface area contributed by atoms with Gasteiger partial charge in [0.05, 0.1) is 19.3 Å². The van der Waals surface area contributed by atoms with E-state index in [0.717, 1.165) is 30.4 Å². The Morgan fingerprint density at radius 3 is 2.27 bits per heavy atom. The maximum atomic E-state index is 13.6. The lowest BCUT2D eigenvalue weighted by atomic mass is 9.92. The average Bonchev–Trinajstić information content (AvgIpc) is 3.67. The van der Waals surface area contributed by atoms with Crippen LogP contribution in [-0.2, 0) is 27.2 Å². The Balaban J connectivity index is 1.54. The van der Waals surface area contributed by atoms with Crippen molar-refractivity contribution < 1.29 is 24.2 Å². The average molecular weight is 508 g/mol. The van der Waals surface area contributed by atoms with Crippen LogP contribution in [0.25, 0.3) is 0 Å². The molecule has 2 aromatic rings. The molecule has 1 saturated carbocycles. The van der Waals surface area contributed by atoms with Crippen molar-refractivity contribution in [1.82, 2.24) is 16.0 Å². The van der Waals surface area contributed by atoms with Crippen LogP contribution in [0.2, 0.25) is 0 Å². The van der Waals surface area contributed by atoms with Crippen molar-refractivity contribution in [3.63, 3.8) is 0 Å². The minimum absolute atomic E-state index is 0.0172. The third-order valence-corrected chi connectivity index (χ3v) is 7.45. The Kier molecular flexibility index (Phi) is 8.61. The van der Waals surface area contributed by atoms with Crippen LogP contribution in [0.15, 0.2) is 54.6 Å². The van der Waals surface area contributed by atoms with Gasteiger partial charge in [0.15, 0.2) is 5.78 Å². The number of carbonyl (C=O) groups excluding carboxylic acids is 3. The summed E-state index contributed by atoms with van der Waals surface area (Å²) in [5.41, 5.74) is 1.37. The first-order valence-electron chi connectivity index (χ1n) is 13.0. The van der Waals surface area contributed by atoms with Crippen molar-refractivity contribution in [2.24, 2.45) is 5.41 Å². The standard InChI is InChI=1S/C29H37N3O5/c1-29(14-15-29)26(34)22(17-19-7-4-3-5-8-19)31-27(35)23(18-20-10-12-21(37-2)13-11-20)32-28(36)25-24(33)9-6-16-30-25/h3-5,7-8,10-13,22-25,30,33H,6,9,14-18H2,1-2H3,(H,31,35)(H,32,36)/t22-,23-,24+,25+/m0/s1. The molecular weight excluding hydrogens is 470 g/mol. The van der Waals surface area contributed by atoms with E-state index in [1.807, 2.05) is 49.4 Å². The summed E-state index contributed by atoms with van der Waals surface area (Å²) in [6.07, 6.45) is 2.71. The van der Waals surface area contributed by atoms with E-state index >= 15 is 0 Å². The highest BCUT2D eigenvalue weighted by molar-refractivity contribution is 5.97. The number of hydrogen-bond donors (Lipinski definition) is 4. The zero-order valence-corrected chi connectivity index (χ0v) is 21.5. The van der Waals surface area contributed by atoms with Gasteiger partial charge in [-0.05, 0) is 61.9 Å². The van der Waals surface area contributed by atoms with Gasteiger partial charge < -0.3 is 25.8 Å². The minimum Gasteiger partial charge on any atom is -0.497 e. The first-order valence-corrected chi connectivity index (χ1v) is 13.0. The molecule has 1 aliphatic heterocycles. The molecule has 4 atom stereocenters. The fraction of sp³-hybridized carbons (Fsp3) is 0.483. The summed E-state index contributed by atoms with van der Waals surface area (Å²) < 4.78 is 5.23. The third kappa shape index (κ3) is 6.96. The van der Waals surface area contributed by atoms with E-state index in [1.54, 1.807) is 19.2 Å². The van der Waals surface area contributed by atoms with Gasteiger partial charge in [-0.3, -0.25) is 14.4 Å². The number of aliphatic hydroxyl groups excluding tert-OH is 1. The lowest BCUT2D eigenvalue weighted by molar-refractivity contribution is -0.134. The van der Waals surface area contributed by atoms with Gasteiger partial charge >= 0.3 is 0 Å². The molecule has 1 saturated heterocycles. The number of hydrogen-bond acceptors (Lipinski definition) is 6. The Morgan fingerprint density at radius 2 is 1.65 bits per heavy atom. The van der Waals surface area contributed by atoms with Gasteiger partial charge in [-0.25, -0.2) is 0 Å². The van der Waals surface area contributed by atoms with E-state index in [-0.39, 0.29) is 12.2 Å². The molecule has 1 heterocycles. The van der Waals surface area contributed by atoms with Gasteiger partial charge in [0, 0.05) is 11.8 Å². The molecule has 1 aliphatic carbocycles. The number of methoxy groups -OCH3 is 1. The predicted octanol–water partition coefficient (Wildman–Crippen LogP) is 1.93. The molecule has 2 amide bonds. The SMILES string of the molecule is COc1ccc(C[C@H](NC(=O)[C@@H]2NCCC[C@H]2O)C(=O)N[C@@H](Cc2ccccc2)C(=O)C2(C)CC2)cc1. The molecule has 198 valence electrons. The fourth-order valence-corrected chi connectivity index (χ4v) is 4.79. The van der Waals surface area contributed by atoms with Gasteiger partial charge in [-0.2, -0.15) is 0 Å². The molecule has 0 aromatic heterocycles. The summed E-state index contributed by atoms with van der Waals surface area (Å²) in [4.78, 5) is 40.1. The maximum absolute atomic E-state index is 13.6. The summed E-state index contributed by atoms with van der Waals surface area (Å²) in [6.45, 7) is 2.56. The molecule has 8 heteroatoms. The molecule has 0 bridgehead atoms. The molecule has 37 heavy (non-hydrogen) atoms. The number of ketones is 1. The van der Waals surface area contributed by atoms with Crippen molar-refractivity contribution in [1.29, 1.82) is 0 Å². The Bertz CT molecular complexity index is 1080. The monoisotopic (exact) mass is 507 g/mol. The van der Waals surface area contributed by atoms with Gasteiger partial charge in [0.25, 0.3) is 0 Å². The highest BCUT2D eigenvalue weighted by Gasteiger charge is 2.48. The van der Waals surface area contributed by atoms with Crippen LogP contribution >= 0.6 is 0 Å². The van der Waals surface area contributed by atoms with Crippen LogP contribution < -0.4 is 20.7 Å². The van der Waals surface area contributed by atoms with Crippen molar-refractivity contribution >= 4 is 17.6 Å². The first kappa shape index (κ1) is 26.8. The van der Waals surface area contributed by atoms with Gasteiger partial charge in [-0.1, -0.05) is 49.4 Å². The number of nitrogens with one attached hydrogen (secondary N) is 3. The molecule has 0 spiro atoms. The van der Waals surface area contributed by atoms with Crippen molar-refractivity contribution in [3.05, 3.63) is 65.7 Å². The normalized spacial score (nSPS) is 21.8. The maximum Gasteiger partial charge on any atom is 0.243 e. The van der Waals surface area contributed by atoms with Gasteiger partial charge in [0.2, 0.25) is 11.8 Å². The Hall–Kier alpha value is -3.23. The number of ether oxygens (including phenoxy) is 1. The number of aliphatic hydroxyl groups is 1. The lowest BCUT2D eigenvalue weighted by Crippen LogP contribution is -2.60. The van der Waals surface area contributed by atoms with Crippen LogP contribution in [0, 0.1) is 5.41 Å². The summed E-state index contributed by atoms with van der Waals surface area (Å²) in [6, 6.07) is 14.5. The Labute approximate surface area is 218 Å². The van der Waals surface area contributed by atoms with Crippen LogP contribution in [0.1, 0.15) is 43.7 Å². The number of benzene rings is 2. The predicted molar refractivity (Wildman–Crippen MR) is 140 cm³/mol. The topological polar surface area (TPSA) is 117 Å². The molecule has 2 aliphatic rings. The van der Waals surface area contributed by atoms with Crippen LogP contribution in [0.4, 0.5) is 0 Å². The molecule has 4 N–H and O–H groups in total. The number of carbonyl (C=O) groups is 3. The molecule has 8 nitrogen and oxygen atoms in total. The summed E-state index contributed by atoms with van der Waals surface area (Å²) in [7, 11) is 1.58. The quantitative estimate of drug-likeness (QED) is 0.369. The van der Waals surface area contributed by atoms with E-state index in [2.05, 4.69) is 16.0 Å². The van der Waals surface area contributed by atoms with E-state index in [4.69, 9.17) is 4.74 Å². The molecule has 0 unspecified atom stereocenters. The van der Waals surface area contributed by atoms with Crippen LogP contribution in [0.5, 0.6) is 5.75 Å². The summed E-state index contributed by atoms with van der Waals surface area (Å²) >= 11 is 0. The Morgan fingerprint density at radius 1 is 1.00 bits per heavy atom. The number of rotatable bonds is 11. The van der Waals surface area contributed by atoms with E-state index < -0.39 is 41.5 Å². The van der Waals surface area contributed by atoms with Gasteiger partial charge in [0.1, 0.15) is 17.8 Å². The molecule has 4 rings (SSSR count). The second-order valence-corrected chi connectivity index (χ2v) is 10.4. The zero-order valence-electron chi connectivity index (χ0n) is 21.5. The largest absolute Gasteiger partial charge is 0.497 e. The van der Waals surface area contributed by atoms with Crippen LogP contribution in [-0.4, -0.2) is 60.6 Å². The number of Topliss-reactive ketones (excluding diaryl/α,β-unsaturated/α-hetero) is 1. The molecular formula is C29H37N3O5. The second-order valence-electron chi connectivity index (χ2n) is 10.4. The first-order chi connectivity index (χ1) is 17.8. The zero-order chi connectivity index (χ0) is 26.4. The molecule has 2 fully saturated rings. The molecule has 0 radical (unpaired) electrons. The van der Waals surface area contributed by atoms with Crippen molar-refractivity contribution in [3.8, 4) is 5.75 Å². The van der Waals surface area contributed by atoms with E-state index in [0.29, 0.717) is 25.1 Å². The highest BCUT2D eigenvalue weighted by atomic mass is 16.5. The van der Waals surface area contributed by atoms with E-state index in [1.165, 1.54) is 0 Å². The van der Waals surface area contributed by atoms with Gasteiger partial charge in [-0.15, -0.1) is 0 Å². The fourth-order valence-electron chi connectivity index (χ4n) is 4.79. The molecule has 2 aromatic carbocycles. The second kappa shape index (κ2) is 11.9. The third-order valence-electron chi connectivity index (χ3n) is 7.45. The number of piperidine rings is 1. The van der Waals surface area contributed by atoms with E-state index in [9.17, 15) is 19.5 Å². The summed E-state index contributed by atoms with van der Waals surface area (Å²) in [5, 5.41) is 19.2. The highest BCUT2D eigenvalue weighted by Crippen LogP contribution is 2.46. The van der Waals surface area contributed by atoms with Crippen molar-refractivity contribution in [2.75, 3.05) is 13.7 Å². The summed E-state index contributed by atoms with van der Waals surface area (Å²) in [5.74, 6) is -0.146. The smallest absolute Gasteiger partial charge is 0.243 e. The lowest BCUT2D eigenvalue weighted by Gasteiger charge is -2.30.